The number of benzene rings is 2. The third-order valence-corrected chi connectivity index (χ3v) is 4.61. The number of anilines is 1. The van der Waals surface area contributed by atoms with Gasteiger partial charge in [0.2, 0.25) is 5.76 Å². The first-order chi connectivity index (χ1) is 14.0. The van der Waals surface area contributed by atoms with Crippen LogP contribution in [0.4, 0.5) is 19.6 Å². The summed E-state index contributed by atoms with van der Waals surface area (Å²) in [5, 5.41) is 10.9. The van der Waals surface area contributed by atoms with Crippen LogP contribution in [-0.4, -0.2) is 28.8 Å². The lowest BCUT2D eigenvalue weighted by Gasteiger charge is -2.13. The lowest BCUT2D eigenvalue weighted by Crippen LogP contribution is -2.18. The van der Waals surface area contributed by atoms with Crippen LogP contribution in [-0.2, 0) is 4.74 Å². The molecule has 148 valence electrons. The zero-order chi connectivity index (χ0) is 20.5. The van der Waals surface area contributed by atoms with Crippen molar-refractivity contribution in [2.75, 3.05) is 11.9 Å². The number of alkyl halides is 2. The normalized spacial score (nSPS) is 12.5. The number of fused-ring (bicyclic) bond motifs is 3. The molecule has 0 aliphatic heterocycles. The van der Waals surface area contributed by atoms with E-state index in [1.54, 1.807) is 0 Å². The Bertz CT molecular complexity index is 1050. The van der Waals surface area contributed by atoms with Crippen molar-refractivity contribution in [1.29, 1.82) is 0 Å². The predicted molar refractivity (Wildman–Crippen MR) is 97.1 cm³/mol. The second kappa shape index (κ2) is 7.34. The summed E-state index contributed by atoms with van der Waals surface area (Å²) in [6.45, 7) is -0.00589. The van der Waals surface area contributed by atoms with Crippen molar-refractivity contribution in [1.82, 2.24) is 4.98 Å². The van der Waals surface area contributed by atoms with Gasteiger partial charge < -0.3 is 14.3 Å². The van der Waals surface area contributed by atoms with Crippen LogP contribution in [0, 0.1) is 0 Å². The van der Waals surface area contributed by atoms with E-state index in [-0.39, 0.29) is 12.5 Å². The van der Waals surface area contributed by atoms with Crippen molar-refractivity contribution >= 4 is 18.1 Å². The molecule has 0 fully saturated rings. The zero-order valence-corrected chi connectivity index (χ0v) is 14.8. The van der Waals surface area contributed by atoms with Gasteiger partial charge in [0, 0.05) is 5.92 Å². The summed E-state index contributed by atoms with van der Waals surface area (Å²) >= 11 is 0. The van der Waals surface area contributed by atoms with Crippen LogP contribution in [0.15, 0.2) is 52.9 Å². The smallest absolute Gasteiger partial charge is 0.415 e. The van der Waals surface area contributed by atoms with E-state index in [2.05, 4.69) is 9.40 Å². The van der Waals surface area contributed by atoms with Gasteiger partial charge in [-0.05, 0) is 22.3 Å². The molecule has 1 heterocycles. The molecule has 9 heteroatoms. The largest absolute Gasteiger partial charge is 0.475 e. The summed E-state index contributed by atoms with van der Waals surface area (Å²) in [5.74, 6) is -2.94. The van der Waals surface area contributed by atoms with Crippen LogP contribution in [0.5, 0.6) is 0 Å². The van der Waals surface area contributed by atoms with Crippen molar-refractivity contribution in [3.8, 4) is 11.1 Å². The van der Waals surface area contributed by atoms with Crippen molar-refractivity contribution in [2.24, 2.45) is 0 Å². The summed E-state index contributed by atoms with van der Waals surface area (Å²) < 4.78 is 35.6. The van der Waals surface area contributed by atoms with Crippen molar-refractivity contribution in [3.05, 3.63) is 71.1 Å². The number of carboxylic acids is 1. The molecule has 1 aliphatic carbocycles. The maximum Gasteiger partial charge on any atom is 0.415 e. The zero-order valence-electron chi connectivity index (χ0n) is 14.8. The maximum atomic E-state index is 12.8. The Balaban J connectivity index is 1.48. The van der Waals surface area contributed by atoms with Gasteiger partial charge in [-0.1, -0.05) is 48.5 Å². The first-order valence-corrected chi connectivity index (χ1v) is 8.60. The van der Waals surface area contributed by atoms with Crippen LogP contribution in [0.25, 0.3) is 11.1 Å². The number of carboxylic acid groups (broad SMARTS) is 1. The van der Waals surface area contributed by atoms with E-state index in [4.69, 9.17) is 9.84 Å². The van der Waals surface area contributed by atoms with Crippen LogP contribution in [0.1, 0.15) is 39.7 Å². The van der Waals surface area contributed by atoms with Crippen LogP contribution in [0.2, 0.25) is 0 Å². The van der Waals surface area contributed by atoms with Crippen molar-refractivity contribution < 1.29 is 32.6 Å². The fourth-order valence-electron chi connectivity index (χ4n) is 3.41. The molecular weight excluding hydrogens is 386 g/mol. The van der Waals surface area contributed by atoms with E-state index in [1.165, 1.54) is 0 Å². The molecule has 1 aliphatic rings. The number of aromatic nitrogens is 1. The summed E-state index contributed by atoms with van der Waals surface area (Å²) in [4.78, 5) is 26.3. The van der Waals surface area contributed by atoms with E-state index < -0.39 is 36.0 Å². The molecule has 0 bridgehead atoms. The van der Waals surface area contributed by atoms with Gasteiger partial charge in [0.05, 0.1) is 0 Å². The standard InChI is InChI=1S/C20H14F2N2O5/c21-17(22)15-16(18(25)26)29-19(23-15)24-20(27)28-9-14-12-7-3-1-5-10(12)11-6-2-4-8-13(11)14/h1-8,14,17H,9H2,(H,25,26)(H,23,24,27). The molecule has 0 atom stereocenters. The van der Waals surface area contributed by atoms with Gasteiger partial charge in [-0.3, -0.25) is 0 Å². The number of nitrogens with one attached hydrogen (secondary N) is 1. The lowest BCUT2D eigenvalue weighted by molar-refractivity contribution is 0.0646. The van der Waals surface area contributed by atoms with Gasteiger partial charge in [0.25, 0.3) is 6.43 Å². The molecule has 0 radical (unpaired) electrons. The molecule has 3 aromatic rings. The molecule has 29 heavy (non-hydrogen) atoms. The second-order valence-electron chi connectivity index (χ2n) is 6.29. The maximum absolute atomic E-state index is 12.8. The van der Waals surface area contributed by atoms with E-state index in [0.717, 1.165) is 22.3 Å². The third-order valence-electron chi connectivity index (χ3n) is 4.61. The van der Waals surface area contributed by atoms with E-state index in [9.17, 15) is 18.4 Å². The minimum atomic E-state index is -3.16. The van der Waals surface area contributed by atoms with Crippen LogP contribution >= 0.6 is 0 Å². The monoisotopic (exact) mass is 400 g/mol. The number of amides is 1. The summed E-state index contributed by atoms with van der Waals surface area (Å²) in [6.07, 6.45) is -4.16. The Hall–Kier alpha value is -3.75. The minimum Gasteiger partial charge on any atom is -0.475 e. The molecule has 1 aromatic heterocycles. The highest BCUT2D eigenvalue weighted by Crippen LogP contribution is 2.44. The molecular formula is C20H14F2N2O5. The van der Waals surface area contributed by atoms with Gasteiger partial charge in [0.1, 0.15) is 6.61 Å². The predicted octanol–water partition coefficient (Wildman–Crippen LogP) is 4.67. The van der Waals surface area contributed by atoms with E-state index >= 15 is 0 Å². The molecule has 0 spiro atoms. The lowest BCUT2D eigenvalue weighted by atomic mass is 9.98. The number of ether oxygens (including phenoxy) is 1. The Morgan fingerprint density at radius 3 is 2.21 bits per heavy atom. The SMILES string of the molecule is O=C(Nc1nc(C(F)F)c(C(=O)O)o1)OCC1c2ccccc2-c2ccccc21. The van der Waals surface area contributed by atoms with E-state index in [0.29, 0.717) is 0 Å². The molecule has 0 unspecified atom stereocenters. The number of halogens is 2. The number of nitrogens with zero attached hydrogens (tertiary/aromatic N) is 1. The Morgan fingerprint density at radius 1 is 1.10 bits per heavy atom. The summed E-state index contributed by atoms with van der Waals surface area (Å²) in [6, 6.07) is 14.8. The van der Waals surface area contributed by atoms with Gasteiger partial charge in [-0.2, -0.15) is 4.98 Å². The molecule has 2 N–H and O–H groups in total. The number of hydrogen-bond donors (Lipinski definition) is 2. The van der Waals surface area contributed by atoms with Crippen molar-refractivity contribution in [2.45, 2.75) is 12.3 Å². The Morgan fingerprint density at radius 2 is 1.69 bits per heavy atom. The molecule has 0 saturated carbocycles. The molecule has 4 rings (SSSR count). The van der Waals surface area contributed by atoms with Gasteiger partial charge in [-0.25, -0.2) is 23.7 Å². The number of oxazole rings is 1. The topological polar surface area (TPSA) is 102 Å². The first kappa shape index (κ1) is 18.6. The molecule has 2 aromatic carbocycles. The average Bonchev–Trinajstić information content (AvgIpc) is 3.26. The van der Waals surface area contributed by atoms with Crippen LogP contribution < -0.4 is 5.32 Å². The summed E-state index contributed by atoms with van der Waals surface area (Å²) in [7, 11) is 0. The molecule has 1 amide bonds. The van der Waals surface area contributed by atoms with E-state index in [1.807, 2.05) is 53.8 Å². The highest BCUT2D eigenvalue weighted by molar-refractivity contribution is 5.87. The number of hydrogen-bond acceptors (Lipinski definition) is 5. The number of carbonyl (C=O) groups excluding carboxylic acids is 1. The molecule has 7 nitrogen and oxygen atoms in total. The number of rotatable bonds is 5. The van der Waals surface area contributed by atoms with Gasteiger partial charge in [-0.15, -0.1) is 0 Å². The molecule has 0 saturated heterocycles. The van der Waals surface area contributed by atoms with Crippen LogP contribution in [0.3, 0.4) is 0 Å². The van der Waals surface area contributed by atoms with Gasteiger partial charge in [0.15, 0.2) is 5.69 Å². The fourth-order valence-corrected chi connectivity index (χ4v) is 3.41. The summed E-state index contributed by atoms with van der Waals surface area (Å²) in [5.41, 5.74) is 3.05. The van der Waals surface area contributed by atoms with Gasteiger partial charge >= 0.3 is 18.1 Å². The van der Waals surface area contributed by atoms with Crippen molar-refractivity contribution in [3.63, 3.8) is 0 Å². The fraction of sp³-hybridized carbons (Fsp3) is 0.150. The first-order valence-electron chi connectivity index (χ1n) is 8.60. The highest BCUT2D eigenvalue weighted by atomic mass is 19.3. The second-order valence-corrected chi connectivity index (χ2v) is 6.29. The quantitative estimate of drug-likeness (QED) is 0.645. The average molecular weight is 400 g/mol. The highest BCUT2D eigenvalue weighted by Gasteiger charge is 2.30. The minimum absolute atomic E-state index is 0.00589. The third kappa shape index (κ3) is 3.42. The number of aromatic carboxylic acids is 1. The number of carbonyl (C=O) groups is 2. The Labute approximate surface area is 162 Å². The Kier molecular flexibility index (Phi) is 4.71.